The van der Waals surface area contributed by atoms with Gasteiger partial charge in [0.05, 0.1) is 21.9 Å². The lowest BCUT2D eigenvalue weighted by Crippen LogP contribution is -2.78. The molecule has 1 aromatic carbocycles. The number of aldehydes is 1. The number of hydrogen-bond acceptors (Lipinski definition) is 4. The molecule has 6 aliphatic rings. The molecular formula is C36H50N2O4Si. The van der Waals surface area contributed by atoms with Gasteiger partial charge in [-0.3, -0.25) is 9.59 Å². The van der Waals surface area contributed by atoms with Gasteiger partial charge in [0.2, 0.25) is 0 Å². The van der Waals surface area contributed by atoms with Gasteiger partial charge < -0.3 is 9.22 Å². The molecule has 4 aliphatic carbocycles. The van der Waals surface area contributed by atoms with Crippen LogP contribution in [0.1, 0.15) is 86.5 Å². The Hall–Kier alpha value is -2.25. The minimum absolute atomic E-state index is 0.0211. The highest BCUT2D eigenvalue weighted by atomic mass is 28.4. The number of rotatable bonds is 4. The van der Waals surface area contributed by atoms with Crippen molar-refractivity contribution in [2.75, 3.05) is 0 Å². The maximum absolute atomic E-state index is 14.8. The van der Waals surface area contributed by atoms with Crippen LogP contribution in [0.3, 0.4) is 0 Å². The largest absolute Gasteiger partial charge is 0.414 e. The van der Waals surface area contributed by atoms with Crippen LogP contribution in [0.15, 0.2) is 46.0 Å². The van der Waals surface area contributed by atoms with E-state index in [0.717, 1.165) is 44.8 Å². The zero-order valence-electron chi connectivity index (χ0n) is 27.4. The van der Waals surface area contributed by atoms with Crippen LogP contribution in [0.2, 0.25) is 18.1 Å². The third kappa shape index (κ3) is 3.42. The van der Waals surface area contributed by atoms with Gasteiger partial charge in [0, 0.05) is 23.9 Å². The van der Waals surface area contributed by atoms with Crippen molar-refractivity contribution < 1.29 is 9.22 Å². The predicted molar refractivity (Wildman–Crippen MR) is 174 cm³/mol. The summed E-state index contributed by atoms with van der Waals surface area (Å²) in [6.07, 6.45) is 12.6. The molecule has 2 bridgehead atoms. The molecule has 0 amide bonds. The van der Waals surface area contributed by atoms with Crippen LogP contribution in [-0.4, -0.2) is 30.1 Å². The minimum atomic E-state index is -2.06. The summed E-state index contributed by atoms with van der Waals surface area (Å²) < 4.78 is 11.0. The lowest BCUT2D eigenvalue weighted by atomic mass is 9.40. The van der Waals surface area contributed by atoms with E-state index in [-0.39, 0.29) is 56.8 Å². The van der Waals surface area contributed by atoms with E-state index in [1.54, 1.807) is 0 Å². The fourth-order valence-electron chi connectivity index (χ4n) is 11.1. The van der Waals surface area contributed by atoms with Gasteiger partial charge in [0.1, 0.15) is 6.29 Å². The molecule has 3 saturated carbocycles. The zero-order chi connectivity index (χ0) is 31.0. The second-order valence-corrected chi connectivity index (χ2v) is 21.7. The van der Waals surface area contributed by atoms with E-state index >= 15 is 0 Å². The lowest BCUT2D eigenvalue weighted by Gasteiger charge is -2.72. The molecule has 1 aromatic heterocycles. The Bertz CT molecular complexity index is 1670. The van der Waals surface area contributed by atoms with Crippen molar-refractivity contribution in [3.8, 4) is 0 Å². The van der Waals surface area contributed by atoms with Gasteiger partial charge in [0.25, 0.3) is 11.1 Å². The van der Waals surface area contributed by atoms with Gasteiger partial charge in [0.15, 0.2) is 8.32 Å². The van der Waals surface area contributed by atoms with Crippen molar-refractivity contribution in [2.24, 2.45) is 34.5 Å². The smallest absolute Gasteiger partial charge is 0.274 e. The van der Waals surface area contributed by atoms with Gasteiger partial charge in [-0.05, 0) is 92.0 Å². The maximum Gasteiger partial charge on any atom is 0.274 e. The zero-order valence-corrected chi connectivity index (χ0v) is 28.4. The first-order valence-corrected chi connectivity index (χ1v) is 19.6. The summed E-state index contributed by atoms with van der Waals surface area (Å²) >= 11 is 0. The molecule has 6 unspecified atom stereocenters. The summed E-state index contributed by atoms with van der Waals surface area (Å²) in [7, 11) is -2.06. The summed E-state index contributed by atoms with van der Waals surface area (Å²) in [4.78, 5) is 41.7. The Morgan fingerprint density at radius 3 is 2.21 bits per heavy atom. The number of hydrogen-bond donors (Lipinski definition) is 0. The topological polar surface area (TPSA) is 70.3 Å². The molecule has 0 N–H and O–H groups in total. The molecule has 232 valence electrons. The lowest BCUT2D eigenvalue weighted by molar-refractivity contribution is -0.200. The first-order valence-electron chi connectivity index (χ1n) is 16.7. The summed E-state index contributed by atoms with van der Waals surface area (Å²) in [5, 5.41) is 1.12. The van der Waals surface area contributed by atoms with Gasteiger partial charge in [-0.25, -0.2) is 9.36 Å². The summed E-state index contributed by atoms with van der Waals surface area (Å²) in [6, 6.07) is 7.41. The molecule has 8 rings (SSSR count). The molecule has 0 saturated heterocycles. The van der Waals surface area contributed by atoms with Crippen LogP contribution in [0.25, 0.3) is 10.8 Å². The van der Waals surface area contributed by atoms with E-state index in [1.165, 1.54) is 0 Å². The standard InChI is InChI=1S/C36H50N2O4Si/c1-23(22-39)27-13-14-28-33(27,5)17-16-29-34(6)18-15-24(42-43(7,8)32(2,3)4)21-35(34)19-20-36(28,29)38-31(41)26-12-10-9-11-25(26)30(40)37(35)38/h9-12,19-20,22-24,27-29H,13-18,21H2,1-8H3/t23-,24?,27?,28?,29?,33-,34-,35?,36?/m1/s1. The van der Waals surface area contributed by atoms with Gasteiger partial charge >= 0.3 is 0 Å². The van der Waals surface area contributed by atoms with Gasteiger partial charge in [-0.1, -0.05) is 65.8 Å². The fourth-order valence-corrected chi connectivity index (χ4v) is 12.5. The van der Waals surface area contributed by atoms with Crippen molar-refractivity contribution in [2.45, 2.75) is 122 Å². The highest BCUT2D eigenvalue weighted by Gasteiger charge is 2.74. The van der Waals surface area contributed by atoms with Crippen LogP contribution in [0.4, 0.5) is 0 Å². The predicted octanol–water partition coefficient (Wildman–Crippen LogP) is 7.00. The summed E-state index contributed by atoms with van der Waals surface area (Å²) in [5.74, 6) is 0.682. The van der Waals surface area contributed by atoms with Crippen molar-refractivity contribution in [1.29, 1.82) is 0 Å². The highest BCUT2D eigenvalue weighted by Crippen LogP contribution is 2.74. The number of benzene rings is 1. The molecular weight excluding hydrogens is 552 g/mol. The molecule has 3 heterocycles. The number of carbonyl (C=O) groups is 1. The minimum Gasteiger partial charge on any atom is -0.414 e. The molecule has 43 heavy (non-hydrogen) atoms. The van der Waals surface area contributed by atoms with Crippen LogP contribution in [-0.2, 0) is 20.3 Å². The molecule has 6 nitrogen and oxygen atoms in total. The fraction of sp³-hybridized carbons (Fsp3) is 0.694. The first-order chi connectivity index (χ1) is 20.1. The van der Waals surface area contributed by atoms with Crippen molar-refractivity contribution in [3.05, 3.63) is 57.1 Å². The van der Waals surface area contributed by atoms with Crippen LogP contribution in [0.5, 0.6) is 0 Å². The average molecular weight is 603 g/mol. The van der Waals surface area contributed by atoms with Crippen LogP contribution in [0, 0.1) is 34.5 Å². The highest BCUT2D eigenvalue weighted by molar-refractivity contribution is 6.74. The van der Waals surface area contributed by atoms with E-state index in [9.17, 15) is 14.4 Å². The monoisotopic (exact) mass is 602 g/mol. The number of fused-ring (bicyclic) bond motifs is 2. The second kappa shape index (κ2) is 8.93. The van der Waals surface area contributed by atoms with E-state index in [0.29, 0.717) is 17.2 Å². The molecule has 2 spiro atoms. The Morgan fingerprint density at radius 1 is 0.930 bits per heavy atom. The number of nitrogens with zero attached hydrogens (tertiary/aromatic N) is 2. The Balaban J connectivity index is 1.50. The van der Waals surface area contributed by atoms with Gasteiger partial charge in [-0.2, -0.15) is 0 Å². The average Bonchev–Trinajstić information content (AvgIpc) is 3.32. The van der Waals surface area contributed by atoms with Gasteiger partial charge in [-0.15, -0.1) is 0 Å². The van der Waals surface area contributed by atoms with Crippen molar-refractivity contribution in [3.63, 3.8) is 0 Å². The van der Waals surface area contributed by atoms with Crippen LogP contribution >= 0.6 is 0 Å². The SMILES string of the molecule is C[C@H](C=O)C1CCC2C34C=CC5(CC(O[Si](C)(C)C(C)(C)C)CC[C@]5(C)C3CC[C@]12C)n1c(=O)c2ccccc2c(=O)n14. The maximum atomic E-state index is 14.8. The molecule has 9 atom stereocenters. The van der Waals surface area contributed by atoms with E-state index < -0.39 is 19.4 Å². The molecule has 0 radical (unpaired) electrons. The molecule has 2 aromatic rings. The molecule has 3 fully saturated rings. The Kier molecular flexibility index (Phi) is 6.12. The van der Waals surface area contributed by atoms with Crippen molar-refractivity contribution >= 4 is 25.4 Å². The van der Waals surface area contributed by atoms with E-state index in [2.05, 4.69) is 66.8 Å². The second-order valence-electron chi connectivity index (χ2n) is 16.9. The molecule has 2 aliphatic heterocycles. The van der Waals surface area contributed by atoms with Crippen LogP contribution < -0.4 is 11.1 Å². The Labute approximate surface area is 257 Å². The third-order valence-electron chi connectivity index (χ3n) is 14.2. The van der Waals surface area contributed by atoms with E-state index in [1.807, 2.05) is 33.6 Å². The Morgan fingerprint density at radius 2 is 1.58 bits per heavy atom. The summed E-state index contributed by atoms with van der Waals surface area (Å²) in [6.45, 7) is 18.4. The van der Waals surface area contributed by atoms with E-state index in [4.69, 9.17) is 4.43 Å². The quantitative estimate of drug-likeness (QED) is 0.215. The van der Waals surface area contributed by atoms with Crippen molar-refractivity contribution in [1.82, 2.24) is 9.36 Å². The number of carbonyl (C=O) groups excluding carboxylic acids is 1. The normalized spacial score (nSPS) is 40.5. The number of allylic oxidation sites excluding steroid dienone is 2. The first kappa shape index (κ1) is 29.5. The summed E-state index contributed by atoms with van der Waals surface area (Å²) in [5.41, 5.74) is -1.59. The molecule has 7 heteroatoms. The number of aromatic nitrogens is 2. The third-order valence-corrected chi connectivity index (χ3v) is 18.8.